The maximum Gasteiger partial charge on any atom is 0.306 e. The molecule has 0 spiro atoms. The van der Waals surface area contributed by atoms with Gasteiger partial charge in [-0.3, -0.25) is 14.4 Å². The zero-order chi connectivity index (χ0) is 57.8. The van der Waals surface area contributed by atoms with Gasteiger partial charge in [-0.05, 0) is 128 Å². The Bertz CT molecular complexity index is 1650. The Morgan fingerprint density at radius 3 is 0.825 bits per heavy atom. The number of carbonyl (C=O) groups excluding carboxylic acids is 3. The van der Waals surface area contributed by atoms with Crippen molar-refractivity contribution in [1.82, 2.24) is 0 Å². The van der Waals surface area contributed by atoms with Crippen molar-refractivity contribution >= 4 is 17.9 Å². The lowest BCUT2D eigenvalue weighted by molar-refractivity contribution is -0.167. The minimum Gasteiger partial charge on any atom is -0.462 e. The molecule has 456 valence electrons. The number of ether oxygens (including phenoxy) is 3. The second-order valence-corrected chi connectivity index (χ2v) is 22.0. The third kappa shape index (κ3) is 64.6. The van der Waals surface area contributed by atoms with Crippen LogP contribution in [0.5, 0.6) is 0 Å². The largest absolute Gasteiger partial charge is 0.462 e. The molecule has 0 N–H and O–H groups in total. The predicted octanol–water partition coefficient (Wildman–Crippen LogP) is 23.2. The Kier molecular flexibility index (Phi) is 63.8. The number of unbranched alkanes of at least 4 members (excludes halogenated alkanes) is 29. The van der Waals surface area contributed by atoms with Gasteiger partial charge in [-0.25, -0.2) is 0 Å². The van der Waals surface area contributed by atoms with E-state index < -0.39 is 6.10 Å². The summed E-state index contributed by atoms with van der Waals surface area (Å²) in [5.41, 5.74) is 0. The molecule has 80 heavy (non-hydrogen) atoms. The van der Waals surface area contributed by atoms with Crippen molar-refractivity contribution in [2.45, 2.75) is 316 Å². The summed E-state index contributed by atoms with van der Waals surface area (Å²) in [5, 5.41) is 0. The molecule has 0 aromatic heterocycles. The third-order valence-corrected chi connectivity index (χ3v) is 14.2. The summed E-state index contributed by atoms with van der Waals surface area (Å²) >= 11 is 0. The molecule has 0 radical (unpaired) electrons. The Balaban J connectivity index is 4.28. The van der Waals surface area contributed by atoms with E-state index in [9.17, 15) is 14.4 Å². The van der Waals surface area contributed by atoms with E-state index in [2.05, 4.69) is 142 Å². The van der Waals surface area contributed by atoms with Crippen molar-refractivity contribution in [3.63, 3.8) is 0 Å². The average Bonchev–Trinajstić information content (AvgIpc) is 3.46. The maximum absolute atomic E-state index is 12.9. The summed E-state index contributed by atoms with van der Waals surface area (Å²) in [6.07, 6.45) is 93.6. The van der Waals surface area contributed by atoms with Crippen molar-refractivity contribution in [2.24, 2.45) is 0 Å². The summed E-state index contributed by atoms with van der Waals surface area (Å²) in [7, 11) is 0. The molecule has 0 aromatic carbocycles. The van der Waals surface area contributed by atoms with E-state index >= 15 is 0 Å². The van der Waals surface area contributed by atoms with Crippen molar-refractivity contribution in [1.29, 1.82) is 0 Å². The molecule has 0 amide bonds. The smallest absolute Gasteiger partial charge is 0.306 e. The highest BCUT2D eigenvalue weighted by Gasteiger charge is 2.19. The molecular weight excluding hydrogens is 985 g/mol. The lowest BCUT2D eigenvalue weighted by Crippen LogP contribution is -2.30. The van der Waals surface area contributed by atoms with E-state index in [0.717, 1.165) is 141 Å². The van der Waals surface area contributed by atoms with Crippen LogP contribution in [0.4, 0.5) is 0 Å². The van der Waals surface area contributed by atoms with Crippen LogP contribution in [0.2, 0.25) is 0 Å². The van der Waals surface area contributed by atoms with Crippen molar-refractivity contribution in [2.75, 3.05) is 13.2 Å². The molecule has 0 aromatic rings. The average molecular weight is 1110 g/mol. The van der Waals surface area contributed by atoms with Gasteiger partial charge in [0.1, 0.15) is 13.2 Å². The molecular formula is C74H124O6. The van der Waals surface area contributed by atoms with Crippen LogP contribution in [0.1, 0.15) is 310 Å². The second-order valence-electron chi connectivity index (χ2n) is 22.0. The molecule has 0 fully saturated rings. The number of allylic oxidation sites excluding steroid dienone is 20. The lowest BCUT2D eigenvalue weighted by Gasteiger charge is -2.18. The highest BCUT2D eigenvalue weighted by Crippen LogP contribution is 2.16. The molecule has 0 heterocycles. The zero-order valence-electron chi connectivity index (χ0n) is 52.3. The maximum atomic E-state index is 12.9. The van der Waals surface area contributed by atoms with Gasteiger partial charge in [0.05, 0.1) is 0 Å². The normalized spacial score (nSPS) is 12.9. The first-order valence-electron chi connectivity index (χ1n) is 33.5. The van der Waals surface area contributed by atoms with Crippen molar-refractivity contribution in [3.05, 3.63) is 122 Å². The summed E-state index contributed by atoms with van der Waals surface area (Å²) in [6, 6.07) is 0. The lowest BCUT2D eigenvalue weighted by atomic mass is 10.0. The van der Waals surface area contributed by atoms with E-state index in [1.54, 1.807) is 0 Å². The monoisotopic (exact) mass is 1110 g/mol. The molecule has 0 aliphatic heterocycles. The van der Waals surface area contributed by atoms with E-state index in [0.29, 0.717) is 19.3 Å². The topological polar surface area (TPSA) is 78.9 Å². The summed E-state index contributed by atoms with van der Waals surface area (Å²) in [6.45, 7) is 6.45. The molecule has 0 aliphatic rings. The van der Waals surface area contributed by atoms with Crippen LogP contribution in [-0.2, 0) is 28.6 Å². The molecule has 0 saturated heterocycles. The number of esters is 3. The third-order valence-electron chi connectivity index (χ3n) is 14.2. The fourth-order valence-corrected chi connectivity index (χ4v) is 9.16. The number of carbonyl (C=O) groups is 3. The summed E-state index contributed by atoms with van der Waals surface area (Å²) in [5.74, 6) is -0.912. The van der Waals surface area contributed by atoms with Crippen LogP contribution in [0.15, 0.2) is 122 Å². The van der Waals surface area contributed by atoms with Crippen molar-refractivity contribution in [3.8, 4) is 0 Å². The van der Waals surface area contributed by atoms with Crippen LogP contribution in [0.3, 0.4) is 0 Å². The zero-order valence-corrected chi connectivity index (χ0v) is 52.3. The SMILES string of the molecule is CC/C=C\C/C=C\C/C=C\C/C=C\C/C=C\C/C=C\CCCCCCCCC(=O)OC(COC(=O)CCCCCCC/C=C\CCC)COC(=O)CCCCCCCCCCCCCC/C=C\C/C=C\C/C=C\CCCCCCC. The molecule has 1 atom stereocenters. The van der Waals surface area contributed by atoms with Crippen LogP contribution < -0.4 is 0 Å². The standard InChI is InChI=1S/C74H124O6/c1-4-7-10-13-16-19-22-24-26-28-30-32-34-36-37-39-40-42-44-46-48-50-52-55-58-61-64-67-73(76)79-70-71(69-78-72(75)66-63-60-57-54-21-18-15-12-9-6-3)80-74(77)68-65-62-59-56-53-51-49-47-45-43-41-38-35-33-31-29-27-25-23-20-17-14-11-8-5-2/h8,11-12,15,17,20,22,24-25,27-28,30-31,33-34,36,38,41,45,47,71H,4-7,9-10,13-14,16,18-19,21,23,26,29,32,35,37,39-40,42-44,46,48-70H2,1-3H3/b11-8-,15-12-,20-17-,24-22-,27-25-,30-28-,33-31-,36-34-,41-38-,47-45-. The van der Waals surface area contributed by atoms with Gasteiger partial charge < -0.3 is 14.2 Å². The highest BCUT2D eigenvalue weighted by molar-refractivity contribution is 5.71. The van der Waals surface area contributed by atoms with Crippen LogP contribution in [0.25, 0.3) is 0 Å². The predicted molar refractivity (Wildman–Crippen MR) is 348 cm³/mol. The van der Waals surface area contributed by atoms with Gasteiger partial charge in [0.25, 0.3) is 0 Å². The van der Waals surface area contributed by atoms with Gasteiger partial charge in [0.2, 0.25) is 0 Å². The summed E-state index contributed by atoms with van der Waals surface area (Å²) < 4.78 is 16.9. The fraction of sp³-hybridized carbons (Fsp3) is 0.689. The van der Waals surface area contributed by atoms with Gasteiger partial charge in [-0.15, -0.1) is 0 Å². The van der Waals surface area contributed by atoms with E-state index in [1.165, 1.54) is 128 Å². The van der Waals surface area contributed by atoms with Crippen molar-refractivity contribution < 1.29 is 28.6 Å². The van der Waals surface area contributed by atoms with Gasteiger partial charge in [-0.2, -0.15) is 0 Å². The molecule has 0 rings (SSSR count). The van der Waals surface area contributed by atoms with Gasteiger partial charge in [0.15, 0.2) is 6.10 Å². The van der Waals surface area contributed by atoms with E-state index in [-0.39, 0.29) is 31.1 Å². The minimum absolute atomic E-state index is 0.0893. The van der Waals surface area contributed by atoms with Gasteiger partial charge in [0, 0.05) is 19.3 Å². The molecule has 6 nitrogen and oxygen atoms in total. The van der Waals surface area contributed by atoms with E-state index in [1.807, 2.05) is 0 Å². The van der Waals surface area contributed by atoms with Gasteiger partial charge in [-0.1, -0.05) is 284 Å². The molecule has 0 saturated carbocycles. The quantitative estimate of drug-likeness (QED) is 0.0261. The Morgan fingerprint density at radius 2 is 0.512 bits per heavy atom. The number of hydrogen-bond donors (Lipinski definition) is 0. The molecule has 0 bridgehead atoms. The number of hydrogen-bond acceptors (Lipinski definition) is 6. The summed E-state index contributed by atoms with van der Waals surface area (Å²) in [4.78, 5) is 38.3. The first-order valence-corrected chi connectivity index (χ1v) is 33.5. The Labute approximate surface area is 494 Å². The fourth-order valence-electron chi connectivity index (χ4n) is 9.16. The Hall–Kier alpha value is -4.19. The molecule has 0 aliphatic carbocycles. The molecule has 1 unspecified atom stereocenters. The molecule has 6 heteroatoms. The van der Waals surface area contributed by atoms with E-state index in [4.69, 9.17) is 14.2 Å². The van der Waals surface area contributed by atoms with Gasteiger partial charge >= 0.3 is 17.9 Å². The first-order chi connectivity index (χ1) is 39.5. The Morgan fingerprint density at radius 1 is 0.263 bits per heavy atom. The highest BCUT2D eigenvalue weighted by atomic mass is 16.6. The van der Waals surface area contributed by atoms with Crippen LogP contribution in [0, 0.1) is 0 Å². The number of rotatable bonds is 60. The first kappa shape index (κ1) is 75.8. The minimum atomic E-state index is -0.794. The van der Waals surface area contributed by atoms with Crippen LogP contribution >= 0.6 is 0 Å². The van der Waals surface area contributed by atoms with Crippen LogP contribution in [-0.4, -0.2) is 37.2 Å². The second kappa shape index (κ2) is 67.3.